The highest BCUT2D eigenvalue weighted by Crippen LogP contribution is 2.55. The van der Waals surface area contributed by atoms with Crippen LogP contribution in [0.1, 0.15) is 25.0 Å². The number of ether oxygens (including phenoxy) is 1. The summed E-state index contributed by atoms with van der Waals surface area (Å²) in [7, 11) is 0. The average molecular weight is 760 g/mol. The molecular formula is C55H37NOS. The van der Waals surface area contributed by atoms with Crippen LogP contribution in [0.4, 0.5) is 17.1 Å². The van der Waals surface area contributed by atoms with Gasteiger partial charge in [-0.15, -0.1) is 11.3 Å². The molecule has 0 saturated carbocycles. The summed E-state index contributed by atoms with van der Waals surface area (Å²) in [6.07, 6.45) is 0. The van der Waals surface area contributed by atoms with Crippen LogP contribution in [0.3, 0.4) is 0 Å². The highest BCUT2D eigenvalue weighted by atomic mass is 32.1. The predicted molar refractivity (Wildman–Crippen MR) is 245 cm³/mol. The van der Waals surface area contributed by atoms with Crippen molar-refractivity contribution < 1.29 is 4.74 Å². The van der Waals surface area contributed by atoms with E-state index in [9.17, 15) is 0 Å². The Kier molecular flexibility index (Phi) is 7.18. The summed E-state index contributed by atoms with van der Waals surface area (Å²) in [5.41, 5.74) is 15.7. The molecule has 0 radical (unpaired) electrons. The second-order valence-corrected chi connectivity index (χ2v) is 17.1. The largest absolute Gasteiger partial charge is 0.456 e. The monoisotopic (exact) mass is 759 g/mol. The number of benzene rings is 9. The number of hydrogen-bond donors (Lipinski definition) is 0. The van der Waals surface area contributed by atoms with E-state index in [1.54, 1.807) is 0 Å². The van der Waals surface area contributed by atoms with Gasteiger partial charge in [0.2, 0.25) is 0 Å². The molecule has 274 valence electrons. The van der Waals surface area contributed by atoms with Crippen molar-refractivity contribution in [3.63, 3.8) is 0 Å². The Morgan fingerprint density at radius 2 is 1.12 bits per heavy atom. The second kappa shape index (κ2) is 12.5. The zero-order valence-electron chi connectivity index (χ0n) is 32.2. The minimum Gasteiger partial charge on any atom is -0.456 e. The van der Waals surface area contributed by atoms with Crippen LogP contribution in [0.2, 0.25) is 0 Å². The fourth-order valence-corrected chi connectivity index (χ4v) is 10.9. The molecule has 0 saturated heterocycles. The van der Waals surface area contributed by atoms with Crippen LogP contribution in [0, 0.1) is 0 Å². The Labute approximate surface area is 341 Å². The van der Waals surface area contributed by atoms with E-state index in [4.69, 9.17) is 4.74 Å². The molecule has 0 fully saturated rings. The van der Waals surface area contributed by atoms with Crippen molar-refractivity contribution in [1.82, 2.24) is 0 Å². The van der Waals surface area contributed by atoms with E-state index in [2.05, 4.69) is 207 Å². The molecule has 3 heteroatoms. The third-order valence-corrected chi connectivity index (χ3v) is 13.7. The van der Waals surface area contributed by atoms with E-state index in [0.717, 1.165) is 44.8 Å². The smallest absolute Gasteiger partial charge is 0.136 e. The van der Waals surface area contributed by atoms with Crippen molar-refractivity contribution in [3.8, 4) is 56.0 Å². The summed E-state index contributed by atoms with van der Waals surface area (Å²) < 4.78 is 9.46. The molecule has 0 bridgehead atoms. The van der Waals surface area contributed by atoms with Crippen molar-refractivity contribution in [2.75, 3.05) is 4.90 Å². The van der Waals surface area contributed by atoms with Gasteiger partial charge >= 0.3 is 0 Å². The van der Waals surface area contributed by atoms with Gasteiger partial charge in [0.1, 0.15) is 11.5 Å². The lowest BCUT2D eigenvalue weighted by molar-refractivity contribution is 0.487. The van der Waals surface area contributed by atoms with Crippen LogP contribution in [0.15, 0.2) is 188 Å². The van der Waals surface area contributed by atoms with Gasteiger partial charge in [-0.05, 0) is 105 Å². The fraction of sp³-hybridized carbons (Fsp3) is 0.0545. The van der Waals surface area contributed by atoms with E-state index in [1.807, 2.05) is 11.3 Å². The van der Waals surface area contributed by atoms with Gasteiger partial charge in [-0.3, -0.25) is 0 Å². The van der Waals surface area contributed by atoms with Gasteiger partial charge in [0, 0.05) is 42.9 Å². The first-order valence-electron chi connectivity index (χ1n) is 20.0. The Balaban J connectivity index is 1.04. The van der Waals surface area contributed by atoms with Gasteiger partial charge in [0.15, 0.2) is 0 Å². The molecule has 2 aliphatic rings. The van der Waals surface area contributed by atoms with Crippen LogP contribution < -0.4 is 9.64 Å². The Hall–Kier alpha value is -6.94. The molecule has 1 aliphatic heterocycles. The number of anilines is 3. The number of rotatable bonds is 5. The average Bonchev–Trinajstić information content (AvgIpc) is 3.77. The van der Waals surface area contributed by atoms with Crippen LogP contribution in [-0.2, 0) is 5.41 Å². The van der Waals surface area contributed by atoms with Crippen LogP contribution in [-0.4, -0.2) is 0 Å². The lowest BCUT2D eigenvalue weighted by Gasteiger charge is -2.30. The molecule has 12 rings (SSSR count). The summed E-state index contributed by atoms with van der Waals surface area (Å²) in [4.78, 5) is 2.49. The Bertz CT molecular complexity index is 3300. The maximum absolute atomic E-state index is 6.89. The van der Waals surface area contributed by atoms with Crippen molar-refractivity contribution in [3.05, 3.63) is 199 Å². The fourth-order valence-electron chi connectivity index (χ4n) is 9.66. The normalized spacial score (nSPS) is 13.3. The minimum absolute atomic E-state index is 0.0731. The summed E-state index contributed by atoms with van der Waals surface area (Å²) in [6, 6.07) is 68.7. The minimum atomic E-state index is -0.0731. The first kappa shape index (κ1) is 33.2. The van der Waals surface area contributed by atoms with Gasteiger partial charge in [0.05, 0.1) is 16.1 Å². The van der Waals surface area contributed by atoms with Crippen LogP contribution in [0.5, 0.6) is 11.5 Å². The maximum Gasteiger partial charge on any atom is 0.136 e. The molecule has 0 spiro atoms. The van der Waals surface area contributed by atoms with Gasteiger partial charge in [-0.1, -0.05) is 147 Å². The highest BCUT2D eigenvalue weighted by Gasteiger charge is 2.36. The maximum atomic E-state index is 6.89. The molecule has 9 aromatic carbocycles. The molecule has 10 aromatic rings. The van der Waals surface area contributed by atoms with E-state index >= 15 is 0 Å². The topological polar surface area (TPSA) is 12.5 Å². The van der Waals surface area contributed by atoms with E-state index < -0.39 is 0 Å². The summed E-state index contributed by atoms with van der Waals surface area (Å²) in [5, 5.41) is 4.86. The first-order chi connectivity index (χ1) is 28.5. The molecular weight excluding hydrogens is 723 g/mol. The summed E-state index contributed by atoms with van der Waals surface area (Å²) in [6.45, 7) is 4.70. The number of nitrogens with zero attached hydrogens (tertiary/aromatic N) is 1. The molecule has 0 amide bonds. The van der Waals surface area contributed by atoms with Gasteiger partial charge in [0.25, 0.3) is 0 Å². The molecule has 58 heavy (non-hydrogen) atoms. The molecule has 1 aromatic heterocycles. The van der Waals surface area contributed by atoms with Gasteiger partial charge in [-0.2, -0.15) is 0 Å². The third-order valence-electron chi connectivity index (χ3n) is 12.5. The van der Waals surface area contributed by atoms with Gasteiger partial charge in [-0.25, -0.2) is 0 Å². The SMILES string of the molecule is CC1(C)c2ccccc2-c2cc(N(c3ccc4c5c(cccc35)-c3ccc(-c5cccc(-c6ccccc6)c5)cc3O4)c3cccc4c3sc3ccccc34)ccc21. The molecule has 1 aliphatic carbocycles. The van der Waals surface area contributed by atoms with E-state index in [-0.39, 0.29) is 5.41 Å². The number of hydrogen-bond acceptors (Lipinski definition) is 3. The summed E-state index contributed by atoms with van der Waals surface area (Å²) >= 11 is 1.87. The summed E-state index contributed by atoms with van der Waals surface area (Å²) in [5.74, 6) is 1.75. The van der Waals surface area contributed by atoms with E-state index in [0.29, 0.717) is 0 Å². The molecule has 0 atom stereocenters. The van der Waals surface area contributed by atoms with Crippen LogP contribution in [0.25, 0.3) is 75.5 Å². The number of thiophene rings is 1. The Morgan fingerprint density at radius 3 is 2.03 bits per heavy atom. The molecule has 2 nitrogen and oxygen atoms in total. The standard InChI is InChI=1S/C55H37NOS/c1-55(2)46-22-8-6-17-39(46)45-33-38(26-28-47(45)55)56(49-23-12-20-43-41-18-7-9-24-52(41)58-54(43)49)48-29-30-50-53-42(19-11-21-44(48)53)40-27-25-37(32-51(40)57-50)36-16-10-15-35(31-36)34-13-4-3-5-14-34/h3-33H,1-2H3. The van der Waals surface area contributed by atoms with E-state index in [1.165, 1.54) is 70.4 Å². The first-order valence-corrected chi connectivity index (χ1v) is 20.8. The van der Waals surface area contributed by atoms with Crippen molar-refractivity contribution in [1.29, 1.82) is 0 Å². The number of fused-ring (bicyclic) bond motifs is 8. The molecule has 0 unspecified atom stereocenters. The third kappa shape index (κ3) is 4.90. The zero-order valence-corrected chi connectivity index (χ0v) is 33.0. The molecule has 2 heterocycles. The van der Waals surface area contributed by atoms with Crippen molar-refractivity contribution in [2.24, 2.45) is 0 Å². The van der Waals surface area contributed by atoms with Crippen molar-refractivity contribution in [2.45, 2.75) is 19.3 Å². The van der Waals surface area contributed by atoms with Crippen LogP contribution >= 0.6 is 11.3 Å². The Morgan fingerprint density at radius 1 is 0.431 bits per heavy atom. The quantitative estimate of drug-likeness (QED) is 0.173. The zero-order chi connectivity index (χ0) is 38.5. The van der Waals surface area contributed by atoms with Gasteiger partial charge < -0.3 is 9.64 Å². The predicted octanol–water partition coefficient (Wildman–Crippen LogP) is 16.1. The van der Waals surface area contributed by atoms with Crippen molar-refractivity contribution >= 4 is 59.3 Å². The lowest BCUT2D eigenvalue weighted by Crippen LogP contribution is -2.15. The molecule has 0 N–H and O–H groups in total. The second-order valence-electron chi connectivity index (χ2n) is 16.1. The lowest BCUT2D eigenvalue weighted by atomic mass is 9.82. The highest BCUT2D eigenvalue weighted by molar-refractivity contribution is 7.26.